The predicted octanol–water partition coefficient (Wildman–Crippen LogP) is 18.1. The molecule has 626 valence electrons. The Kier molecular flexibility index (Phi) is 26.8. The van der Waals surface area contributed by atoms with Crippen LogP contribution in [0.15, 0.2) is 249 Å². The average Bonchev–Trinajstić information content (AvgIpc) is 1.62. The molecule has 3 spiro atoms. The Morgan fingerprint density at radius 3 is 1.26 bits per heavy atom. The molecule has 0 radical (unpaired) electrons. The van der Waals surface area contributed by atoms with Crippen molar-refractivity contribution >= 4 is 93.2 Å². The lowest BCUT2D eigenvalue weighted by molar-refractivity contribution is 0.0624. The molecular formula is C96H108ClN17O7. The van der Waals surface area contributed by atoms with E-state index in [-0.39, 0.29) is 24.6 Å². The van der Waals surface area contributed by atoms with Gasteiger partial charge in [0.1, 0.15) is 28.0 Å². The van der Waals surface area contributed by atoms with E-state index in [1.165, 1.54) is 63.3 Å². The molecular weight excluding hydrogens is 1540 g/mol. The molecule has 6 fully saturated rings. The molecule has 3 atom stereocenters. The molecule has 11 aromatic rings. The summed E-state index contributed by atoms with van der Waals surface area (Å²) in [6.45, 7) is 24.8. The molecule has 3 unspecified atom stereocenters. The van der Waals surface area contributed by atoms with Crippen LogP contribution in [0.2, 0.25) is 5.15 Å². The van der Waals surface area contributed by atoms with E-state index in [1.807, 2.05) is 152 Å². The van der Waals surface area contributed by atoms with Crippen LogP contribution in [0.25, 0.3) is 33.4 Å². The summed E-state index contributed by atoms with van der Waals surface area (Å²) in [4.78, 5) is 95.2. The number of benzene rings is 7. The number of halogens is 1. The molecule has 7 aromatic carbocycles. The first-order chi connectivity index (χ1) is 58.4. The van der Waals surface area contributed by atoms with Crippen LogP contribution in [-0.4, -0.2) is 149 Å². The first kappa shape index (κ1) is 84.8. The van der Waals surface area contributed by atoms with Crippen LogP contribution >= 0.6 is 11.6 Å². The molecule has 5 amide bonds. The molecule has 0 saturated carbocycles. The lowest BCUT2D eigenvalue weighted by Gasteiger charge is -2.25. The second kappa shape index (κ2) is 38.2. The maximum Gasteiger partial charge on any atom is 0.412 e. The zero-order chi connectivity index (χ0) is 84.6. The highest BCUT2D eigenvalue weighted by atomic mass is 35.5. The molecule has 9 N–H and O–H groups in total. The Balaban J connectivity index is 0.000000145. The van der Waals surface area contributed by atoms with E-state index in [1.54, 1.807) is 96.7 Å². The number of ether oxygens (including phenoxy) is 2. The van der Waals surface area contributed by atoms with Gasteiger partial charge in [0, 0.05) is 109 Å². The molecule has 24 nitrogen and oxygen atoms in total. The van der Waals surface area contributed by atoms with Gasteiger partial charge in [-0.1, -0.05) is 151 Å². The van der Waals surface area contributed by atoms with Crippen molar-refractivity contribution in [3.63, 3.8) is 0 Å². The Bertz CT molecular complexity index is 5360. The summed E-state index contributed by atoms with van der Waals surface area (Å²) in [5, 5.41) is 21.5. The van der Waals surface area contributed by atoms with Crippen molar-refractivity contribution < 1.29 is 34.9 Å². The van der Waals surface area contributed by atoms with Crippen molar-refractivity contribution in [2.45, 2.75) is 97.8 Å². The molecule has 6 saturated heterocycles. The highest BCUT2D eigenvalue weighted by Crippen LogP contribution is 2.43. The topological polar surface area (TPSA) is 291 Å². The number of hydrogen-bond donors (Lipinski definition) is 8. The molecule has 17 rings (SSSR count). The van der Waals surface area contributed by atoms with E-state index in [9.17, 15) is 24.0 Å². The first-order valence-electron chi connectivity index (χ1n) is 41.4. The number of aromatic nitrogens is 5. The number of nitrogens with zero attached hydrogens (tertiary/aromatic N) is 9. The third kappa shape index (κ3) is 22.9. The number of nitrogen functional groups attached to an aromatic ring is 1. The minimum atomic E-state index is -0.646. The van der Waals surface area contributed by atoms with Gasteiger partial charge in [0.25, 0.3) is 17.7 Å². The summed E-state index contributed by atoms with van der Waals surface area (Å²) in [7, 11) is 0. The summed E-state index contributed by atoms with van der Waals surface area (Å²) < 4.78 is 10.7. The zero-order valence-electron chi connectivity index (χ0n) is 69.4. The number of carbonyl (C=O) groups is 5. The largest absolute Gasteiger partial charge is 0.444 e. The summed E-state index contributed by atoms with van der Waals surface area (Å²) in [5.41, 5.74) is 17.5. The zero-order valence-corrected chi connectivity index (χ0v) is 70.2. The van der Waals surface area contributed by atoms with E-state index in [0.717, 1.165) is 129 Å². The first-order valence-corrected chi connectivity index (χ1v) is 41.8. The molecule has 121 heavy (non-hydrogen) atoms. The summed E-state index contributed by atoms with van der Waals surface area (Å²) in [6, 6.07) is 69.4. The van der Waals surface area contributed by atoms with E-state index < -0.39 is 23.4 Å². The molecule has 25 heteroatoms. The minimum Gasteiger partial charge on any atom is -0.444 e. The standard InChI is InChI=1S/C30H35N5O3.C29H29N7O.C23H22ClN3O3.C14H20N2.H2/c1-29(2,3)38-28(37)34-24-11-9-22(21-7-5-4-6-8-21)17-25(24)33-27(36)23-10-12-26(32-18-23)35-16-14-30(20-35)13-15-31-19-30;30-24-9-7-22(21-5-2-1-3-6-21)17-25(24)34-27(37)23-8-10-26(33-18-23)35-15-11-29(19-35)12-16-36(20-29)28-31-13-4-14-32-28;1-23(2,3)30-22(29)27-18-11-9-16(15-7-5-4-6-8-15)13-19(18)26-21(28)17-10-12-20(24)25-14-17;1-2-4-13(5-3-1)10-16-9-7-14(12-16)6-8-15-11-14;/h4-12,17-18,31H,13-16,19-20H2,1-3H3,(H,33,36)(H,34,37);1-10,13-14,17-18H,11-12,15-16,19-20,30H2,(H,34,37);4-14H,1-3H3,(H,26,28)(H,27,29);1-5,15H,6-12H2;1H/i;;;;1+1. The number of likely N-dealkylation sites (tertiary alicyclic amines) is 1. The smallest absolute Gasteiger partial charge is 0.412 e. The van der Waals surface area contributed by atoms with Gasteiger partial charge < -0.3 is 56.5 Å². The quantitative estimate of drug-likeness (QED) is 0.0329. The Morgan fingerprint density at radius 2 is 0.818 bits per heavy atom. The molecule has 4 aromatic heterocycles. The van der Waals surface area contributed by atoms with E-state index in [0.29, 0.717) is 66.8 Å². The Morgan fingerprint density at radius 1 is 0.413 bits per heavy atom. The van der Waals surface area contributed by atoms with Crippen LogP contribution < -0.4 is 57.7 Å². The van der Waals surface area contributed by atoms with Gasteiger partial charge in [-0.25, -0.2) is 34.5 Å². The van der Waals surface area contributed by atoms with Crippen LogP contribution in [0.5, 0.6) is 0 Å². The van der Waals surface area contributed by atoms with Gasteiger partial charge in [-0.3, -0.25) is 29.9 Å². The fourth-order valence-electron chi connectivity index (χ4n) is 16.4. The molecule has 10 heterocycles. The van der Waals surface area contributed by atoms with Gasteiger partial charge in [0.2, 0.25) is 5.95 Å². The lowest BCUT2D eigenvalue weighted by Crippen LogP contribution is -2.31. The van der Waals surface area contributed by atoms with E-state index in [2.05, 4.69) is 112 Å². The van der Waals surface area contributed by atoms with Crippen molar-refractivity contribution in [2.24, 2.45) is 16.2 Å². The second-order valence-electron chi connectivity index (χ2n) is 34.1. The number of nitrogens with two attached hydrogens (primary N) is 1. The Hall–Kier alpha value is -12.6. The van der Waals surface area contributed by atoms with E-state index >= 15 is 0 Å². The summed E-state index contributed by atoms with van der Waals surface area (Å²) >= 11 is 5.80. The number of rotatable bonds is 16. The number of amides is 5. The molecule has 0 aliphatic carbocycles. The minimum absolute atomic E-state index is 0. The number of carbonyl (C=O) groups excluding carboxylic acids is 5. The highest BCUT2D eigenvalue weighted by molar-refractivity contribution is 6.29. The van der Waals surface area contributed by atoms with Crippen LogP contribution in [-0.2, 0) is 16.0 Å². The third-order valence-electron chi connectivity index (χ3n) is 22.7. The SMILES string of the molecule is CC(C)(C)OC(=O)Nc1ccc(-c2ccccc2)cc1NC(=O)c1ccc(Cl)nc1.CC(C)(C)OC(=O)Nc1ccc(-c2ccccc2)cc1NC(=O)c1ccc(N2CCC3(CCNC3)C2)nc1.Nc1ccc(-c2ccccc2)cc1NC(=O)c1ccc(N2CCC3(CCN(c4ncccn4)C3)C2)nc1.[2HH].c1ccc(CN2CCC3(CCNC3)C2)cc1. The van der Waals surface area contributed by atoms with Crippen molar-refractivity contribution in [1.29, 1.82) is 0 Å². The Labute approximate surface area is 714 Å². The number of pyridine rings is 3. The molecule has 6 aliphatic heterocycles. The van der Waals surface area contributed by atoms with Crippen molar-refractivity contribution in [1.82, 2.24) is 40.5 Å². The van der Waals surface area contributed by atoms with Crippen LogP contribution in [0.4, 0.5) is 61.3 Å². The summed E-state index contributed by atoms with van der Waals surface area (Å²) in [6.07, 6.45) is 14.4. The fraction of sp³-hybridized carbons (Fsp3) is 0.312. The highest BCUT2D eigenvalue weighted by Gasteiger charge is 2.45. The monoisotopic (exact) mass is 1650 g/mol. The molecule has 0 bridgehead atoms. The van der Waals surface area contributed by atoms with Gasteiger partial charge in [-0.2, -0.15) is 0 Å². The number of anilines is 9. The van der Waals surface area contributed by atoms with Crippen molar-refractivity contribution in [2.75, 3.05) is 126 Å². The van der Waals surface area contributed by atoms with Crippen LogP contribution in [0, 0.1) is 16.2 Å². The van der Waals surface area contributed by atoms with Gasteiger partial charge in [0.15, 0.2) is 0 Å². The average molecular weight is 1650 g/mol. The number of hydrogen-bond acceptors (Lipinski definition) is 19. The van der Waals surface area contributed by atoms with E-state index in [4.69, 9.17) is 26.8 Å². The normalized spacial score (nSPS) is 18.5. The van der Waals surface area contributed by atoms with Gasteiger partial charge in [0.05, 0.1) is 50.8 Å². The van der Waals surface area contributed by atoms with Gasteiger partial charge in [-0.05, 0) is 223 Å². The maximum atomic E-state index is 13.2. The van der Waals surface area contributed by atoms with Crippen molar-refractivity contribution in [3.8, 4) is 33.4 Å². The predicted molar refractivity (Wildman–Crippen MR) is 485 cm³/mol. The molecule has 6 aliphatic rings. The van der Waals surface area contributed by atoms with Crippen LogP contribution in [0.1, 0.15) is 118 Å². The third-order valence-corrected chi connectivity index (χ3v) is 22.9. The maximum absolute atomic E-state index is 13.2. The fourth-order valence-corrected chi connectivity index (χ4v) is 16.5. The van der Waals surface area contributed by atoms with Gasteiger partial charge in [-0.15, -0.1) is 0 Å². The summed E-state index contributed by atoms with van der Waals surface area (Å²) in [5.74, 6) is 1.68. The lowest BCUT2D eigenvalue weighted by atomic mass is 9.86. The number of nitrogens with one attached hydrogen (secondary N) is 7. The second-order valence-corrected chi connectivity index (χ2v) is 34.5. The van der Waals surface area contributed by atoms with Crippen molar-refractivity contribution in [3.05, 3.63) is 277 Å². The van der Waals surface area contributed by atoms with Gasteiger partial charge >= 0.3 is 12.2 Å². The van der Waals surface area contributed by atoms with Crippen LogP contribution in [0.3, 0.4) is 0 Å².